The highest BCUT2D eigenvalue weighted by Crippen LogP contribution is 2.32. The zero-order valence-corrected chi connectivity index (χ0v) is 16.0. The molecule has 0 saturated heterocycles. The Morgan fingerprint density at radius 1 is 1.14 bits per heavy atom. The van der Waals surface area contributed by atoms with Crippen LogP contribution in [-0.4, -0.2) is 28.1 Å². The van der Waals surface area contributed by atoms with Crippen LogP contribution in [0.3, 0.4) is 0 Å². The number of rotatable bonds is 7. The van der Waals surface area contributed by atoms with Crippen molar-refractivity contribution in [3.05, 3.63) is 59.7 Å². The largest absolute Gasteiger partial charge is 0.388 e. The second-order valence-electron chi connectivity index (χ2n) is 7.30. The van der Waals surface area contributed by atoms with Crippen LogP contribution < -0.4 is 5.32 Å². The van der Waals surface area contributed by atoms with Crippen LogP contribution >= 0.6 is 0 Å². The molecule has 28 heavy (non-hydrogen) atoms. The molecule has 4 nitrogen and oxygen atoms in total. The second-order valence-corrected chi connectivity index (χ2v) is 7.30. The van der Waals surface area contributed by atoms with E-state index >= 15 is 0 Å². The minimum atomic E-state index is -0.946. The normalized spacial score (nSPS) is 13.5. The molecular formula is C22H24F2N2O2. The van der Waals surface area contributed by atoms with Gasteiger partial charge in [-0.2, -0.15) is 0 Å². The first-order valence-corrected chi connectivity index (χ1v) is 9.34. The Bertz CT molecular complexity index is 978. The van der Waals surface area contributed by atoms with Gasteiger partial charge < -0.3 is 15.4 Å². The highest BCUT2D eigenvalue weighted by atomic mass is 19.1. The highest BCUT2D eigenvalue weighted by molar-refractivity contribution is 5.91. The van der Waals surface area contributed by atoms with E-state index in [-0.39, 0.29) is 30.5 Å². The molecule has 1 unspecified atom stereocenters. The lowest BCUT2D eigenvalue weighted by Crippen LogP contribution is -2.40. The summed E-state index contributed by atoms with van der Waals surface area (Å²) in [7, 11) is 0. The number of aromatic nitrogens is 1. The fraction of sp³-hybridized carbons (Fsp3) is 0.318. The molecule has 0 aliphatic heterocycles. The first-order chi connectivity index (χ1) is 13.3. The summed E-state index contributed by atoms with van der Waals surface area (Å²) in [6.07, 6.45) is 1.11. The van der Waals surface area contributed by atoms with Gasteiger partial charge >= 0.3 is 0 Å². The van der Waals surface area contributed by atoms with Gasteiger partial charge in [-0.15, -0.1) is 0 Å². The predicted molar refractivity (Wildman–Crippen MR) is 106 cm³/mol. The topological polar surface area (TPSA) is 65.1 Å². The summed E-state index contributed by atoms with van der Waals surface area (Å²) in [6, 6.07) is 10.5. The molecule has 0 saturated carbocycles. The van der Waals surface area contributed by atoms with Crippen LogP contribution in [0.15, 0.2) is 42.5 Å². The van der Waals surface area contributed by atoms with Crippen molar-refractivity contribution in [1.29, 1.82) is 0 Å². The molecule has 0 aliphatic rings. The number of carbonyl (C=O) groups is 1. The summed E-state index contributed by atoms with van der Waals surface area (Å²) in [5.74, 6) is -0.888. The van der Waals surface area contributed by atoms with Gasteiger partial charge in [0.05, 0.1) is 5.60 Å². The zero-order valence-electron chi connectivity index (χ0n) is 16.0. The number of hydrogen-bond donors (Lipinski definition) is 3. The molecule has 0 bridgehead atoms. The fourth-order valence-corrected chi connectivity index (χ4v) is 3.08. The molecule has 1 aromatic heterocycles. The van der Waals surface area contributed by atoms with Gasteiger partial charge in [0.2, 0.25) is 5.91 Å². The van der Waals surface area contributed by atoms with Crippen molar-refractivity contribution in [3.63, 3.8) is 0 Å². The summed E-state index contributed by atoms with van der Waals surface area (Å²) < 4.78 is 27.1. The van der Waals surface area contributed by atoms with E-state index in [2.05, 4.69) is 10.3 Å². The lowest BCUT2D eigenvalue weighted by Gasteiger charge is -2.21. The fourth-order valence-electron chi connectivity index (χ4n) is 3.08. The summed E-state index contributed by atoms with van der Waals surface area (Å²) in [4.78, 5) is 15.5. The molecule has 2 aromatic carbocycles. The Balaban J connectivity index is 1.86. The molecule has 148 valence electrons. The van der Waals surface area contributed by atoms with Crippen LogP contribution in [0.25, 0.3) is 22.2 Å². The Morgan fingerprint density at radius 3 is 2.50 bits per heavy atom. The zero-order chi connectivity index (χ0) is 20.3. The molecule has 1 amide bonds. The Hall–Kier alpha value is -2.73. The number of nitrogens with one attached hydrogen (secondary N) is 2. The van der Waals surface area contributed by atoms with Crippen molar-refractivity contribution in [2.45, 2.75) is 38.7 Å². The molecule has 0 fully saturated rings. The number of carbonyl (C=O) groups excluding carboxylic acids is 1. The van der Waals surface area contributed by atoms with Gasteiger partial charge in [0, 0.05) is 29.6 Å². The van der Waals surface area contributed by atoms with Crippen LogP contribution in [0.5, 0.6) is 0 Å². The number of H-pyrrole nitrogens is 1. The second kappa shape index (κ2) is 8.10. The van der Waals surface area contributed by atoms with Gasteiger partial charge in [-0.05, 0) is 73.4 Å². The molecule has 3 aromatic rings. The van der Waals surface area contributed by atoms with E-state index in [1.165, 1.54) is 24.3 Å². The molecule has 1 heterocycles. The average molecular weight is 386 g/mol. The SMILES string of the molecule is CCC(C)(O)CNC(=O)CCc1c(-c2ccc(F)cc2)[nH]c2ccc(F)cc12. The lowest BCUT2D eigenvalue weighted by atomic mass is 10.0. The quantitative estimate of drug-likeness (QED) is 0.566. The molecule has 1 atom stereocenters. The van der Waals surface area contributed by atoms with E-state index in [1.54, 1.807) is 25.1 Å². The van der Waals surface area contributed by atoms with E-state index in [0.29, 0.717) is 18.2 Å². The molecule has 0 aliphatic carbocycles. The number of aliphatic hydroxyl groups is 1. The third-order valence-corrected chi connectivity index (χ3v) is 5.03. The number of halogens is 2. The standard InChI is InChI=1S/C22H24F2N2O2/c1-3-22(2,28)13-25-20(27)11-9-17-18-12-16(24)8-10-19(18)26-21(17)14-4-6-15(23)7-5-14/h4-8,10,12,26,28H,3,9,11,13H2,1-2H3,(H,25,27). The number of hydrogen-bond acceptors (Lipinski definition) is 2. The number of amides is 1. The molecular weight excluding hydrogens is 362 g/mol. The monoisotopic (exact) mass is 386 g/mol. The number of aryl methyl sites for hydroxylation is 1. The first kappa shape index (κ1) is 20.0. The van der Waals surface area contributed by atoms with Crippen LogP contribution in [0.2, 0.25) is 0 Å². The number of aromatic amines is 1. The van der Waals surface area contributed by atoms with E-state index < -0.39 is 5.60 Å². The number of fused-ring (bicyclic) bond motifs is 1. The number of benzene rings is 2. The molecule has 0 radical (unpaired) electrons. The van der Waals surface area contributed by atoms with Crippen molar-refractivity contribution >= 4 is 16.8 Å². The van der Waals surface area contributed by atoms with Gasteiger partial charge in [-0.3, -0.25) is 4.79 Å². The Morgan fingerprint density at radius 2 is 1.82 bits per heavy atom. The maximum Gasteiger partial charge on any atom is 0.220 e. The van der Waals surface area contributed by atoms with Crippen LogP contribution in [0, 0.1) is 11.6 Å². The van der Waals surface area contributed by atoms with Crippen LogP contribution in [0.1, 0.15) is 32.3 Å². The van der Waals surface area contributed by atoms with E-state index in [1.807, 2.05) is 6.92 Å². The van der Waals surface area contributed by atoms with Crippen molar-refractivity contribution in [3.8, 4) is 11.3 Å². The van der Waals surface area contributed by atoms with Crippen molar-refractivity contribution in [1.82, 2.24) is 10.3 Å². The van der Waals surface area contributed by atoms with E-state index in [4.69, 9.17) is 0 Å². The van der Waals surface area contributed by atoms with Gasteiger partial charge in [0.1, 0.15) is 11.6 Å². The van der Waals surface area contributed by atoms with Crippen molar-refractivity contribution < 1.29 is 18.7 Å². The summed E-state index contributed by atoms with van der Waals surface area (Å²) in [5, 5.41) is 13.5. The van der Waals surface area contributed by atoms with E-state index in [9.17, 15) is 18.7 Å². The minimum Gasteiger partial charge on any atom is -0.388 e. The smallest absolute Gasteiger partial charge is 0.220 e. The maximum absolute atomic E-state index is 13.8. The van der Waals surface area contributed by atoms with Gasteiger partial charge in [0.25, 0.3) is 0 Å². The average Bonchev–Trinajstić information content (AvgIpc) is 3.03. The van der Waals surface area contributed by atoms with Crippen molar-refractivity contribution in [2.75, 3.05) is 6.54 Å². The molecule has 0 spiro atoms. The Kier molecular flexibility index (Phi) is 5.79. The minimum absolute atomic E-state index is 0.176. The highest BCUT2D eigenvalue weighted by Gasteiger charge is 2.19. The maximum atomic E-state index is 13.8. The Labute approximate surface area is 162 Å². The van der Waals surface area contributed by atoms with Crippen LogP contribution in [-0.2, 0) is 11.2 Å². The third-order valence-electron chi connectivity index (χ3n) is 5.03. The van der Waals surface area contributed by atoms with Gasteiger partial charge in [0.15, 0.2) is 0 Å². The predicted octanol–water partition coefficient (Wildman–Crippen LogP) is 4.32. The lowest BCUT2D eigenvalue weighted by molar-refractivity contribution is -0.122. The first-order valence-electron chi connectivity index (χ1n) is 9.34. The van der Waals surface area contributed by atoms with Crippen LogP contribution in [0.4, 0.5) is 8.78 Å². The molecule has 3 N–H and O–H groups in total. The van der Waals surface area contributed by atoms with E-state index in [0.717, 1.165) is 22.3 Å². The van der Waals surface area contributed by atoms with Crippen molar-refractivity contribution in [2.24, 2.45) is 0 Å². The summed E-state index contributed by atoms with van der Waals surface area (Å²) in [6.45, 7) is 3.69. The third kappa shape index (κ3) is 4.57. The summed E-state index contributed by atoms with van der Waals surface area (Å²) in [5.41, 5.74) is 2.12. The molecule has 3 rings (SSSR count). The van der Waals surface area contributed by atoms with Gasteiger partial charge in [-0.1, -0.05) is 6.92 Å². The molecule has 6 heteroatoms. The van der Waals surface area contributed by atoms with Gasteiger partial charge in [-0.25, -0.2) is 8.78 Å². The summed E-state index contributed by atoms with van der Waals surface area (Å²) >= 11 is 0.